The van der Waals surface area contributed by atoms with Crippen molar-refractivity contribution in [2.45, 2.75) is 32.2 Å². The number of halogens is 3. The van der Waals surface area contributed by atoms with Crippen molar-refractivity contribution in [1.29, 1.82) is 0 Å². The van der Waals surface area contributed by atoms with E-state index < -0.39 is 18.3 Å². The lowest BCUT2D eigenvalue weighted by atomic mass is 10.1. The van der Waals surface area contributed by atoms with Crippen molar-refractivity contribution in [3.8, 4) is 16.9 Å². The maximum atomic E-state index is 13.0. The van der Waals surface area contributed by atoms with Crippen molar-refractivity contribution < 1.29 is 32.3 Å². The molecule has 0 spiro atoms. The third kappa shape index (κ3) is 6.84. The Morgan fingerprint density at radius 2 is 1.83 bits per heavy atom. The number of benzene rings is 2. The van der Waals surface area contributed by atoms with Crippen molar-refractivity contribution >= 4 is 10.9 Å². The maximum absolute atomic E-state index is 13.0. The van der Waals surface area contributed by atoms with E-state index in [4.69, 9.17) is 14.0 Å². The number of nitrogens with zero attached hydrogens (tertiary/aromatic N) is 2. The van der Waals surface area contributed by atoms with Gasteiger partial charge in [0.2, 0.25) is 0 Å². The van der Waals surface area contributed by atoms with Gasteiger partial charge in [-0.25, -0.2) is 0 Å². The lowest BCUT2D eigenvalue weighted by molar-refractivity contribution is -0.137. The quantitative estimate of drug-likeness (QED) is 0.227. The molecule has 2 heterocycles. The summed E-state index contributed by atoms with van der Waals surface area (Å²) >= 11 is 0. The first-order valence-electron chi connectivity index (χ1n) is 11.5. The number of unbranched alkanes of at least 4 members (excludes halogenated alkanes) is 1. The van der Waals surface area contributed by atoms with Gasteiger partial charge in [0, 0.05) is 18.7 Å². The van der Waals surface area contributed by atoms with Gasteiger partial charge in [0.25, 0.3) is 0 Å². The molecule has 2 aromatic heterocycles. The molecule has 0 aliphatic rings. The minimum Gasteiger partial charge on any atom is -0.490 e. The number of ether oxygens (including phenoxy) is 2. The Labute approximate surface area is 205 Å². The molecule has 3 N–H and O–H groups in total. The van der Waals surface area contributed by atoms with Gasteiger partial charge < -0.3 is 24.4 Å². The van der Waals surface area contributed by atoms with Gasteiger partial charge in [-0.3, -0.25) is 5.10 Å². The van der Waals surface area contributed by atoms with Gasteiger partial charge in [0.15, 0.2) is 0 Å². The van der Waals surface area contributed by atoms with Crippen molar-refractivity contribution in [3.63, 3.8) is 0 Å². The van der Waals surface area contributed by atoms with Gasteiger partial charge in [0.05, 0.1) is 42.1 Å². The van der Waals surface area contributed by atoms with E-state index in [9.17, 15) is 18.3 Å². The standard InChI is InChI=1S/C25H27F3N4O4/c26-25(27,28)21-8-17(7-18(9-21)15-33)12-29-3-1-2-4-34-5-6-35-24-11-19(20-13-31-36-16-20)10-23-22(24)14-30-32-23/h7-11,13-14,16,29,33H,1-6,12,15H2,(H,30,32). The highest BCUT2D eigenvalue weighted by molar-refractivity contribution is 5.89. The minimum absolute atomic E-state index is 0.246. The molecule has 0 bridgehead atoms. The van der Waals surface area contributed by atoms with E-state index in [1.54, 1.807) is 24.7 Å². The second-order valence-electron chi connectivity index (χ2n) is 8.26. The van der Waals surface area contributed by atoms with Crippen LogP contribution < -0.4 is 10.1 Å². The molecule has 0 aliphatic heterocycles. The number of hydrogen-bond acceptors (Lipinski definition) is 7. The summed E-state index contributed by atoms with van der Waals surface area (Å²) in [6.07, 6.45) is 2.07. The molecule has 0 saturated heterocycles. The number of alkyl halides is 3. The van der Waals surface area contributed by atoms with Gasteiger partial charge in [-0.05, 0) is 60.3 Å². The fourth-order valence-electron chi connectivity index (χ4n) is 3.77. The Hall–Kier alpha value is -3.41. The summed E-state index contributed by atoms with van der Waals surface area (Å²) in [4.78, 5) is 0. The molecule has 0 unspecified atom stereocenters. The summed E-state index contributed by atoms with van der Waals surface area (Å²) in [5, 5.41) is 24.0. The first kappa shape index (κ1) is 25.7. The smallest absolute Gasteiger partial charge is 0.416 e. The van der Waals surface area contributed by atoms with Crippen molar-refractivity contribution in [3.05, 3.63) is 65.7 Å². The van der Waals surface area contributed by atoms with Gasteiger partial charge in [-0.2, -0.15) is 18.3 Å². The van der Waals surface area contributed by atoms with E-state index >= 15 is 0 Å². The molecule has 4 aromatic rings. The zero-order valence-electron chi connectivity index (χ0n) is 19.5. The van der Waals surface area contributed by atoms with Crippen LogP contribution in [0, 0.1) is 0 Å². The summed E-state index contributed by atoms with van der Waals surface area (Å²) in [7, 11) is 0. The molecular weight excluding hydrogens is 477 g/mol. The number of aliphatic hydroxyl groups excluding tert-OH is 1. The molecule has 0 atom stereocenters. The van der Waals surface area contributed by atoms with Crippen LogP contribution in [0.4, 0.5) is 13.2 Å². The Balaban J connectivity index is 1.13. The van der Waals surface area contributed by atoms with Crippen LogP contribution in [0.3, 0.4) is 0 Å². The van der Waals surface area contributed by atoms with Crippen LogP contribution in [0.25, 0.3) is 22.0 Å². The monoisotopic (exact) mass is 504 g/mol. The zero-order chi connectivity index (χ0) is 25.4. The van der Waals surface area contributed by atoms with E-state index in [1.807, 2.05) is 12.1 Å². The number of hydrogen-bond donors (Lipinski definition) is 3. The molecule has 36 heavy (non-hydrogen) atoms. The van der Waals surface area contributed by atoms with Gasteiger partial charge in [-0.1, -0.05) is 11.2 Å². The van der Waals surface area contributed by atoms with Crippen LogP contribution in [-0.4, -0.2) is 46.8 Å². The number of aromatic amines is 1. The first-order valence-corrected chi connectivity index (χ1v) is 11.5. The van der Waals surface area contributed by atoms with Crippen LogP contribution in [0.1, 0.15) is 29.5 Å². The molecule has 8 nitrogen and oxygen atoms in total. The fraction of sp³-hybridized carbons (Fsp3) is 0.360. The van der Waals surface area contributed by atoms with Crippen LogP contribution in [-0.2, 0) is 24.1 Å². The highest BCUT2D eigenvalue weighted by atomic mass is 19.4. The number of aromatic nitrogens is 3. The van der Waals surface area contributed by atoms with Crippen molar-refractivity contribution in [2.24, 2.45) is 0 Å². The predicted octanol–water partition coefficient (Wildman–Crippen LogP) is 4.69. The maximum Gasteiger partial charge on any atom is 0.416 e. The Morgan fingerprint density at radius 3 is 2.61 bits per heavy atom. The largest absolute Gasteiger partial charge is 0.490 e. The summed E-state index contributed by atoms with van der Waals surface area (Å²) < 4.78 is 55.5. The van der Waals surface area contributed by atoms with E-state index in [1.165, 1.54) is 0 Å². The molecule has 4 rings (SSSR count). The second kappa shape index (κ2) is 12.0. The average molecular weight is 505 g/mol. The van der Waals surface area contributed by atoms with Crippen molar-refractivity contribution in [1.82, 2.24) is 20.7 Å². The summed E-state index contributed by atoms with van der Waals surface area (Å²) in [6.45, 7) is 1.83. The van der Waals surface area contributed by atoms with Gasteiger partial charge >= 0.3 is 6.18 Å². The molecule has 2 aromatic carbocycles. The third-order valence-corrected chi connectivity index (χ3v) is 5.56. The molecule has 0 fully saturated rings. The topological polar surface area (TPSA) is 105 Å². The number of rotatable bonds is 13. The molecular formula is C25H27F3N4O4. The average Bonchev–Trinajstić information content (AvgIpc) is 3.56. The Kier molecular flexibility index (Phi) is 8.57. The SMILES string of the molecule is OCc1cc(CNCCCCOCCOc2cc(-c3cnoc3)cc3[nH]ncc23)cc(C(F)(F)F)c1. The van der Waals surface area contributed by atoms with Crippen molar-refractivity contribution in [2.75, 3.05) is 26.4 Å². The van der Waals surface area contributed by atoms with Crippen LogP contribution >= 0.6 is 0 Å². The second-order valence-corrected chi connectivity index (χ2v) is 8.26. The number of nitrogens with one attached hydrogen (secondary N) is 2. The summed E-state index contributed by atoms with van der Waals surface area (Å²) in [6, 6.07) is 7.50. The minimum atomic E-state index is -4.44. The normalized spacial score (nSPS) is 11.9. The van der Waals surface area contributed by atoms with Crippen LogP contribution in [0.2, 0.25) is 0 Å². The highest BCUT2D eigenvalue weighted by Gasteiger charge is 2.31. The molecule has 0 radical (unpaired) electrons. The van der Waals surface area contributed by atoms with Gasteiger partial charge in [-0.15, -0.1) is 0 Å². The highest BCUT2D eigenvalue weighted by Crippen LogP contribution is 2.32. The molecule has 0 aliphatic carbocycles. The number of aliphatic hydroxyl groups is 1. The molecule has 0 amide bonds. The summed E-state index contributed by atoms with van der Waals surface area (Å²) in [5.41, 5.74) is 2.56. The zero-order valence-corrected chi connectivity index (χ0v) is 19.5. The van der Waals surface area contributed by atoms with E-state index in [2.05, 4.69) is 20.7 Å². The fourth-order valence-corrected chi connectivity index (χ4v) is 3.77. The lowest BCUT2D eigenvalue weighted by Gasteiger charge is -2.12. The Morgan fingerprint density at radius 1 is 0.972 bits per heavy atom. The van der Waals surface area contributed by atoms with E-state index in [-0.39, 0.29) is 5.56 Å². The summed E-state index contributed by atoms with van der Waals surface area (Å²) in [5.74, 6) is 0.684. The third-order valence-electron chi connectivity index (χ3n) is 5.56. The Bertz CT molecular complexity index is 1240. The predicted molar refractivity (Wildman–Crippen MR) is 126 cm³/mol. The number of H-pyrrole nitrogens is 1. The van der Waals surface area contributed by atoms with Gasteiger partial charge in [0.1, 0.15) is 18.6 Å². The molecule has 192 valence electrons. The molecule has 11 heteroatoms. The van der Waals surface area contributed by atoms with E-state index in [0.717, 1.165) is 47.0 Å². The van der Waals surface area contributed by atoms with Crippen LogP contribution in [0.5, 0.6) is 5.75 Å². The van der Waals surface area contributed by atoms with Crippen LogP contribution in [0.15, 0.2) is 53.5 Å². The first-order chi connectivity index (χ1) is 17.4. The lowest BCUT2D eigenvalue weighted by Crippen LogP contribution is -2.17. The van der Waals surface area contributed by atoms with E-state index in [0.29, 0.717) is 44.2 Å². The molecule has 0 saturated carbocycles. The number of fused-ring (bicyclic) bond motifs is 1.